The summed E-state index contributed by atoms with van der Waals surface area (Å²) < 4.78 is 22.0. The SMILES string of the molecule is CC(C)Oc1ccc(Nc2cc(=O)n(CC(=O)CC(CO)CO)c(=O)n2Cc2ccc(Cl)cc2)cc1F. The van der Waals surface area contributed by atoms with Crippen LogP contribution in [0.1, 0.15) is 25.8 Å². The molecule has 0 aliphatic rings. The molecule has 0 saturated heterocycles. The Balaban J connectivity index is 2.00. The molecule has 0 atom stereocenters. The lowest BCUT2D eigenvalue weighted by Crippen LogP contribution is -2.42. The van der Waals surface area contributed by atoms with Crippen LogP contribution in [0.2, 0.25) is 5.02 Å². The van der Waals surface area contributed by atoms with Gasteiger partial charge in [0, 0.05) is 48.4 Å². The molecule has 3 rings (SSSR count). The van der Waals surface area contributed by atoms with Crippen LogP contribution in [-0.2, 0) is 17.9 Å². The average molecular weight is 534 g/mol. The van der Waals surface area contributed by atoms with E-state index in [9.17, 15) is 29.0 Å². The predicted molar refractivity (Wildman–Crippen MR) is 138 cm³/mol. The van der Waals surface area contributed by atoms with Crippen molar-refractivity contribution in [2.75, 3.05) is 18.5 Å². The van der Waals surface area contributed by atoms with Crippen molar-refractivity contribution in [1.82, 2.24) is 9.13 Å². The van der Waals surface area contributed by atoms with Gasteiger partial charge >= 0.3 is 5.69 Å². The van der Waals surface area contributed by atoms with Gasteiger partial charge in [-0.1, -0.05) is 23.7 Å². The molecular weight excluding hydrogens is 505 g/mol. The molecule has 9 nitrogen and oxygen atoms in total. The normalized spacial score (nSPS) is 11.2. The summed E-state index contributed by atoms with van der Waals surface area (Å²) >= 11 is 5.97. The molecule has 0 aliphatic heterocycles. The molecule has 0 saturated carbocycles. The summed E-state index contributed by atoms with van der Waals surface area (Å²) in [6.45, 7) is 2.24. The third-order valence-electron chi connectivity index (χ3n) is 5.47. The Morgan fingerprint density at radius 2 is 1.73 bits per heavy atom. The van der Waals surface area contributed by atoms with Crippen molar-refractivity contribution < 1.29 is 24.1 Å². The van der Waals surface area contributed by atoms with Gasteiger partial charge in [0.05, 0.1) is 19.2 Å². The number of ketones is 1. The molecule has 0 radical (unpaired) electrons. The molecule has 1 heterocycles. The van der Waals surface area contributed by atoms with Crippen molar-refractivity contribution in [3.8, 4) is 5.75 Å². The Labute approximate surface area is 217 Å². The van der Waals surface area contributed by atoms with E-state index in [1.165, 1.54) is 16.7 Å². The largest absolute Gasteiger partial charge is 0.488 e. The number of Topliss-reactive ketones (excluding diaryl/α,β-unsaturated/α-hetero) is 1. The monoisotopic (exact) mass is 533 g/mol. The number of rotatable bonds is 12. The van der Waals surface area contributed by atoms with E-state index in [2.05, 4.69) is 5.32 Å². The van der Waals surface area contributed by atoms with Crippen molar-refractivity contribution in [1.29, 1.82) is 0 Å². The minimum absolute atomic E-state index is 0.0275. The third-order valence-corrected chi connectivity index (χ3v) is 5.72. The van der Waals surface area contributed by atoms with Gasteiger partial charge in [0.2, 0.25) is 0 Å². The van der Waals surface area contributed by atoms with Gasteiger partial charge in [-0.15, -0.1) is 0 Å². The van der Waals surface area contributed by atoms with E-state index in [4.69, 9.17) is 16.3 Å². The lowest BCUT2D eigenvalue weighted by atomic mass is 10.0. The highest BCUT2D eigenvalue weighted by molar-refractivity contribution is 6.30. The van der Waals surface area contributed by atoms with Gasteiger partial charge < -0.3 is 20.3 Å². The summed E-state index contributed by atoms with van der Waals surface area (Å²) in [6, 6.07) is 12.1. The second kappa shape index (κ2) is 12.7. The van der Waals surface area contributed by atoms with Crippen molar-refractivity contribution in [2.45, 2.75) is 39.5 Å². The van der Waals surface area contributed by atoms with Crippen molar-refractivity contribution in [3.05, 3.63) is 85.8 Å². The maximum atomic E-state index is 14.5. The number of nitrogens with one attached hydrogen (secondary N) is 1. The van der Waals surface area contributed by atoms with E-state index in [1.54, 1.807) is 44.2 Å². The number of aromatic nitrogens is 2. The van der Waals surface area contributed by atoms with Crippen molar-refractivity contribution in [3.63, 3.8) is 0 Å². The highest BCUT2D eigenvalue weighted by Crippen LogP contribution is 2.24. The minimum Gasteiger partial charge on any atom is -0.488 e. The fraction of sp³-hybridized carbons (Fsp3) is 0.346. The number of aliphatic hydroxyl groups excluding tert-OH is 2. The molecular formula is C26H29ClFN3O6. The Morgan fingerprint density at radius 3 is 2.32 bits per heavy atom. The molecule has 3 N–H and O–H groups in total. The maximum absolute atomic E-state index is 14.5. The summed E-state index contributed by atoms with van der Waals surface area (Å²) in [5.74, 6) is -1.63. The molecule has 37 heavy (non-hydrogen) atoms. The summed E-state index contributed by atoms with van der Waals surface area (Å²) in [4.78, 5) is 38.7. The number of hydrogen-bond donors (Lipinski definition) is 3. The standard InChI is InChI=1S/C26H29ClFN3O6/c1-16(2)37-23-8-7-20(10-22(23)28)29-24-11-25(35)31(13-21(34)9-18(14-32)15-33)26(36)30(24)12-17-3-5-19(27)6-4-17/h3-8,10-11,16,18,29,32-33H,9,12-15H2,1-2H3. The van der Waals surface area contributed by atoms with Crippen LogP contribution in [0.15, 0.2) is 58.1 Å². The molecule has 0 unspecified atom stereocenters. The highest BCUT2D eigenvalue weighted by atomic mass is 35.5. The third kappa shape index (κ3) is 7.51. The first-order valence-electron chi connectivity index (χ1n) is 11.7. The van der Waals surface area contributed by atoms with E-state index in [0.717, 1.165) is 10.6 Å². The Kier molecular flexibility index (Phi) is 9.62. The van der Waals surface area contributed by atoms with Gasteiger partial charge in [-0.2, -0.15) is 0 Å². The molecule has 0 aliphatic carbocycles. The zero-order chi connectivity index (χ0) is 27.1. The molecule has 0 amide bonds. The molecule has 2 aromatic carbocycles. The fourth-order valence-corrected chi connectivity index (χ4v) is 3.74. The minimum atomic E-state index is -0.761. The van der Waals surface area contributed by atoms with Gasteiger partial charge in [-0.3, -0.25) is 18.7 Å². The van der Waals surface area contributed by atoms with Gasteiger partial charge in [0.25, 0.3) is 5.56 Å². The van der Waals surface area contributed by atoms with E-state index >= 15 is 0 Å². The molecule has 1 aromatic heterocycles. The second-order valence-corrected chi connectivity index (χ2v) is 9.30. The van der Waals surface area contributed by atoms with Crippen LogP contribution in [0.3, 0.4) is 0 Å². The van der Waals surface area contributed by atoms with Crippen LogP contribution >= 0.6 is 11.6 Å². The van der Waals surface area contributed by atoms with Gasteiger partial charge in [-0.05, 0) is 43.7 Å². The smallest absolute Gasteiger partial charge is 0.333 e. The van der Waals surface area contributed by atoms with E-state index < -0.39 is 48.5 Å². The molecule has 11 heteroatoms. The van der Waals surface area contributed by atoms with Crippen LogP contribution in [0.4, 0.5) is 15.9 Å². The number of carbonyl (C=O) groups is 1. The van der Waals surface area contributed by atoms with Gasteiger partial charge in [0.1, 0.15) is 5.82 Å². The molecule has 0 fully saturated rings. The number of anilines is 2. The van der Waals surface area contributed by atoms with Crippen molar-refractivity contribution in [2.24, 2.45) is 5.92 Å². The lowest BCUT2D eigenvalue weighted by Gasteiger charge is -2.18. The number of hydrogen-bond acceptors (Lipinski definition) is 7. The summed E-state index contributed by atoms with van der Waals surface area (Å²) in [5.41, 5.74) is -0.528. The lowest BCUT2D eigenvalue weighted by molar-refractivity contribution is -0.121. The number of aliphatic hydroxyl groups is 2. The number of ether oxygens (including phenoxy) is 1. The summed E-state index contributed by atoms with van der Waals surface area (Å²) in [7, 11) is 0. The first kappa shape index (κ1) is 28.1. The summed E-state index contributed by atoms with van der Waals surface area (Å²) in [6.07, 6.45) is -0.418. The Bertz CT molecular complexity index is 1350. The van der Waals surface area contributed by atoms with Gasteiger partial charge in [0.15, 0.2) is 17.3 Å². The average Bonchev–Trinajstić information content (AvgIpc) is 2.85. The van der Waals surface area contributed by atoms with Crippen LogP contribution in [0.25, 0.3) is 0 Å². The maximum Gasteiger partial charge on any atom is 0.333 e. The van der Waals surface area contributed by atoms with Crippen LogP contribution in [0.5, 0.6) is 5.75 Å². The van der Waals surface area contributed by atoms with E-state index in [0.29, 0.717) is 10.6 Å². The Morgan fingerprint density at radius 1 is 1.05 bits per heavy atom. The van der Waals surface area contributed by atoms with Crippen molar-refractivity contribution >= 4 is 28.9 Å². The molecule has 3 aromatic rings. The topological polar surface area (TPSA) is 123 Å². The van der Waals surface area contributed by atoms with Crippen LogP contribution < -0.4 is 21.3 Å². The Hall–Kier alpha value is -3.47. The number of carbonyl (C=O) groups excluding carboxylic acids is 1. The number of nitrogens with zero attached hydrogens (tertiary/aromatic N) is 2. The molecule has 198 valence electrons. The number of benzene rings is 2. The fourth-order valence-electron chi connectivity index (χ4n) is 3.62. The predicted octanol–water partition coefficient (Wildman–Crippen LogP) is 2.94. The molecule has 0 spiro atoms. The van der Waals surface area contributed by atoms with E-state index in [-0.39, 0.29) is 36.3 Å². The first-order chi connectivity index (χ1) is 17.6. The summed E-state index contributed by atoms with van der Waals surface area (Å²) in [5, 5.41) is 21.9. The first-order valence-corrected chi connectivity index (χ1v) is 12.0. The quantitative estimate of drug-likeness (QED) is 0.327. The van der Waals surface area contributed by atoms with Crippen LogP contribution in [0, 0.1) is 11.7 Å². The van der Waals surface area contributed by atoms with Crippen LogP contribution in [-0.4, -0.2) is 44.4 Å². The highest BCUT2D eigenvalue weighted by Gasteiger charge is 2.18. The number of halogens is 2. The molecule has 0 bridgehead atoms. The zero-order valence-corrected chi connectivity index (χ0v) is 21.2. The van der Waals surface area contributed by atoms with E-state index in [1.807, 2.05) is 0 Å². The van der Waals surface area contributed by atoms with Gasteiger partial charge in [-0.25, -0.2) is 9.18 Å². The zero-order valence-electron chi connectivity index (χ0n) is 20.5. The second-order valence-electron chi connectivity index (χ2n) is 8.86.